The van der Waals surface area contributed by atoms with Crippen LogP contribution < -0.4 is 36.4 Å². The van der Waals surface area contributed by atoms with E-state index in [4.69, 9.17) is 4.74 Å². The number of fused-ring (bicyclic) bond motifs is 7. The van der Waals surface area contributed by atoms with Crippen molar-refractivity contribution in [2.75, 3.05) is 0 Å². The van der Waals surface area contributed by atoms with Gasteiger partial charge in [-0.3, -0.25) is 0 Å². The smallest absolute Gasteiger partial charge is 0.289 e. The van der Waals surface area contributed by atoms with Crippen molar-refractivity contribution >= 4 is 79.2 Å². The molecule has 0 N–H and O–H groups in total. The first-order valence-corrected chi connectivity index (χ1v) is 25.2. The molecule has 0 fully saturated rings. The molecule has 0 aliphatic carbocycles. The highest BCUT2D eigenvalue weighted by molar-refractivity contribution is 8.28. The minimum atomic E-state index is -2.83. The lowest BCUT2D eigenvalue weighted by Crippen LogP contribution is -2.75. The number of ether oxygens (including phenoxy) is 1. The van der Waals surface area contributed by atoms with Crippen LogP contribution in [0.5, 0.6) is 11.5 Å². The molecule has 10 aromatic carbocycles. The fraction of sp³-hybridized carbons (Fsp3) is 0. The van der Waals surface area contributed by atoms with Crippen LogP contribution in [0.25, 0.3) is 60.9 Å². The Morgan fingerprint density at radius 3 is 1.65 bits per heavy atom. The lowest BCUT2D eigenvalue weighted by molar-refractivity contribution is 0.488. The molecule has 0 amide bonds. The van der Waals surface area contributed by atoms with Gasteiger partial charge in [0.25, 0.3) is 5.99 Å². The average molecular weight is 862 g/mol. The number of benzene rings is 10. The molecule has 0 saturated carbocycles. The Hall–Kier alpha value is -7.57. The zero-order valence-electron chi connectivity index (χ0n) is 35.4. The third-order valence-electron chi connectivity index (χ3n) is 13.6. The number of para-hydroxylation sites is 2. The van der Waals surface area contributed by atoms with E-state index in [0.717, 1.165) is 33.9 Å². The molecule has 0 spiro atoms. The Morgan fingerprint density at radius 2 is 0.969 bits per heavy atom. The Balaban J connectivity index is 0.977. The van der Waals surface area contributed by atoms with Gasteiger partial charge in [0.05, 0.1) is 11.0 Å². The molecular formula is C60H40BNOSSi. The summed E-state index contributed by atoms with van der Waals surface area (Å²) in [5, 5.41) is 7.93. The van der Waals surface area contributed by atoms with Crippen LogP contribution >= 0.6 is 11.6 Å². The van der Waals surface area contributed by atoms with Gasteiger partial charge in [-0.15, -0.1) is 0 Å². The van der Waals surface area contributed by atoms with Crippen LogP contribution in [0.1, 0.15) is 0 Å². The number of rotatable bonds is 7. The van der Waals surface area contributed by atoms with Crippen molar-refractivity contribution in [1.29, 1.82) is 0 Å². The first-order chi connectivity index (χ1) is 32.2. The summed E-state index contributed by atoms with van der Waals surface area (Å²) >= 11 is 1.94. The topological polar surface area (TPSA) is 14.2 Å². The zero-order chi connectivity index (χ0) is 42.9. The molecular weight excluding hydrogens is 822 g/mol. The predicted molar refractivity (Wildman–Crippen MR) is 278 cm³/mol. The van der Waals surface area contributed by atoms with E-state index in [-0.39, 0.29) is 5.99 Å². The van der Waals surface area contributed by atoms with Crippen LogP contribution in [0.2, 0.25) is 0 Å². The third-order valence-corrected chi connectivity index (χ3v) is 19.8. The molecule has 2 nitrogen and oxygen atoms in total. The van der Waals surface area contributed by atoms with E-state index >= 15 is 0 Å². The predicted octanol–water partition coefficient (Wildman–Crippen LogP) is 11.5. The monoisotopic (exact) mass is 861 g/mol. The summed E-state index contributed by atoms with van der Waals surface area (Å²) in [5.74, 6) is 1.92. The summed E-state index contributed by atoms with van der Waals surface area (Å²) in [6.45, 7) is 0. The molecule has 11 aromatic rings. The van der Waals surface area contributed by atoms with Crippen LogP contribution in [-0.2, 0) is 0 Å². The van der Waals surface area contributed by atoms with Gasteiger partial charge in [-0.05, 0) is 114 Å². The maximum atomic E-state index is 7.25. The van der Waals surface area contributed by atoms with Crippen LogP contribution in [0.15, 0.2) is 248 Å². The fourth-order valence-electron chi connectivity index (χ4n) is 10.8. The second-order valence-electron chi connectivity index (χ2n) is 17.1. The third kappa shape index (κ3) is 5.96. The second kappa shape index (κ2) is 15.3. The van der Waals surface area contributed by atoms with E-state index in [2.05, 4.69) is 247 Å². The van der Waals surface area contributed by atoms with Gasteiger partial charge in [-0.25, -0.2) is 0 Å². The molecule has 0 atom stereocenters. The fourth-order valence-corrected chi connectivity index (χ4v) is 17.2. The van der Waals surface area contributed by atoms with Gasteiger partial charge in [0.2, 0.25) is 0 Å². The molecule has 65 heavy (non-hydrogen) atoms. The summed E-state index contributed by atoms with van der Waals surface area (Å²) < 4.78 is 9.65. The minimum Gasteiger partial charge on any atom is -0.458 e. The first-order valence-electron chi connectivity index (χ1n) is 22.4. The van der Waals surface area contributed by atoms with Crippen molar-refractivity contribution in [3.63, 3.8) is 0 Å². The van der Waals surface area contributed by atoms with Crippen LogP contribution in [-0.4, -0.2) is 18.6 Å². The van der Waals surface area contributed by atoms with Crippen molar-refractivity contribution < 1.29 is 4.74 Å². The summed E-state index contributed by atoms with van der Waals surface area (Å²) in [7, 11) is -2.83. The largest absolute Gasteiger partial charge is 0.458 e. The first kappa shape index (κ1) is 37.9. The Morgan fingerprint density at radius 1 is 0.400 bits per heavy atom. The summed E-state index contributed by atoms with van der Waals surface area (Å²) in [6, 6.07) is 89.6. The Labute approximate surface area is 384 Å². The van der Waals surface area contributed by atoms with E-state index in [9.17, 15) is 0 Å². The van der Waals surface area contributed by atoms with Gasteiger partial charge < -0.3 is 9.30 Å². The number of hydrogen-bond acceptors (Lipinski definition) is 2. The molecule has 304 valence electrons. The van der Waals surface area contributed by atoms with Crippen LogP contribution in [0.3, 0.4) is 0 Å². The van der Waals surface area contributed by atoms with Crippen LogP contribution in [0.4, 0.5) is 0 Å². The average Bonchev–Trinajstić information content (AvgIpc) is 3.72. The van der Waals surface area contributed by atoms with E-state index < -0.39 is 8.07 Å². The van der Waals surface area contributed by atoms with Crippen LogP contribution in [0, 0.1) is 0 Å². The summed E-state index contributed by atoms with van der Waals surface area (Å²) in [6.07, 6.45) is 0. The van der Waals surface area contributed by atoms with E-state index in [0.29, 0.717) is 0 Å². The maximum Gasteiger partial charge on any atom is 0.289 e. The zero-order valence-corrected chi connectivity index (χ0v) is 37.3. The van der Waals surface area contributed by atoms with Gasteiger partial charge >= 0.3 is 0 Å². The van der Waals surface area contributed by atoms with Gasteiger partial charge in [0.1, 0.15) is 11.5 Å². The molecule has 0 unspecified atom stereocenters. The van der Waals surface area contributed by atoms with E-state index in [1.807, 2.05) is 11.6 Å². The lowest BCUT2D eigenvalue weighted by atomic mass is 9.57. The maximum absolute atomic E-state index is 7.25. The quantitative estimate of drug-likeness (QED) is 0.117. The second-order valence-corrected chi connectivity index (χ2v) is 22.0. The molecule has 0 bridgehead atoms. The van der Waals surface area contributed by atoms with Gasteiger partial charge in [-0.2, -0.15) is 11.6 Å². The minimum absolute atomic E-state index is 0.0901. The van der Waals surface area contributed by atoms with Crippen molar-refractivity contribution in [3.05, 3.63) is 243 Å². The molecule has 0 saturated heterocycles. The lowest BCUT2D eigenvalue weighted by Gasteiger charge is -2.36. The highest BCUT2D eigenvalue weighted by atomic mass is 32.2. The normalized spacial score (nSPS) is 12.6. The van der Waals surface area contributed by atoms with Gasteiger partial charge in [0.15, 0.2) is 8.07 Å². The Bertz CT molecular complexity index is 3480. The molecule has 1 aromatic heterocycles. The van der Waals surface area contributed by atoms with Crippen molar-refractivity contribution in [2.45, 2.75) is 4.90 Å². The molecule has 0 radical (unpaired) electrons. The molecule has 5 heteroatoms. The Kier molecular flexibility index (Phi) is 8.93. The molecule has 2 aliphatic rings. The van der Waals surface area contributed by atoms with Crippen molar-refractivity contribution in [1.82, 2.24) is 4.57 Å². The molecule has 13 rings (SSSR count). The number of hydrogen-bond donors (Lipinski definition) is 0. The molecule has 3 heterocycles. The SMILES string of the molecule is c1ccc([Si](c2ccccc2)(c2ccccc2)c2ccccc2-c2ccc3c(c2)Oc2cc(-c4cccc(-n5c6ccccc6c6ccccc65)c4)cc4c2B3Sc2ccccc2-4)cc1. The number of aromatic nitrogens is 1. The highest BCUT2D eigenvalue weighted by Crippen LogP contribution is 2.45. The highest BCUT2D eigenvalue weighted by Gasteiger charge is 2.43. The van der Waals surface area contributed by atoms with Gasteiger partial charge in [-0.1, -0.05) is 194 Å². The summed E-state index contributed by atoms with van der Waals surface area (Å²) in [5.41, 5.74) is 13.2. The molecule has 2 aliphatic heterocycles. The van der Waals surface area contributed by atoms with Gasteiger partial charge in [0, 0.05) is 21.4 Å². The van der Waals surface area contributed by atoms with Crippen molar-refractivity contribution in [3.8, 4) is 50.6 Å². The van der Waals surface area contributed by atoms with E-state index in [1.54, 1.807) is 0 Å². The summed E-state index contributed by atoms with van der Waals surface area (Å²) in [4.78, 5) is 1.29. The standard InChI is InChI=1S/C60H40BNOSSi/c1-4-21-45(22-5-1)65(46-23-6-2-7-24-46,47-25-8-3-9-26-47)59-34-17-13-27-48(59)42-35-36-53-56(39-42)63-57-40-43(38-52-51-30-12-16-33-58(51)64-61(53)60(52)57)41-19-18-20-44(37-41)62-54-31-14-10-28-49(54)50-29-11-15-32-55(50)62/h1-40H. The van der Waals surface area contributed by atoms with Crippen molar-refractivity contribution in [2.24, 2.45) is 0 Å². The van der Waals surface area contributed by atoms with E-state index in [1.165, 1.54) is 75.1 Å². The number of nitrogens with zero attached hydrogens (tertiary/aromatic N) is 1.